The lowest BCUT2D eigenvalue weighted by Gasteiger charge is -2.31. The minimum Gasteiger partial charge on any atom is -0.494 e. The number of nitrogens with zero attached hydrogens (tertiary/aromatic N) is 1. The van der Waals surface area contributed by atoms with E-state index in [9.17, 15) is 13.2 Å². The fraction of sp³-hybridized carbons (Fsp3) is 0.278. The van der Waals surface area contributed by atoms with Crippen molar-refractivity contribution in [1.82, 2.24) is 4.90 Å². The van der Waals surface area contributed by atoms with E-state index in [0.29, 0.717) is 23.6 Å². The first-order valence-electron chi connectivity index (χ1n) is 8.14. The predicted molar refractivity (Wildman–Crippen MR) is 95.4 cm³/mol. The van der Waals surface area contributed by atoms with E-state index < -0.39 is 10.0 Å². The van der Waals surface area contributed by atoms with E-state index in [0.717, 1.165) is 19.5 Å². The highest BCUT2D eigenvalue weighted by atomic mass is 32.2. The van der Waals surface area contributed by atoms with Gasteiger partial charge >= 0.3 is 0 Å². The van der Waals surface area contributed by atoms with Gasteiger partial charge in [0.1, 0.15) is 5.75 Å². The van der Waals surface area contributed by atoms with Crippen molar-refractivity contribution in [1.29, 1.82) is 0 Å². The Balaban J connectivity index is 1.77. The molecule has 1 aliphatic rings. The molecular weight excluding hydrogens is 340 g/mol. The lowest BCUT2D eigenvalue weighted by Crippen LogP contribution is -2.42. The van der Waals surface area contributed by atoms with E-state index in [1.807, 2.05) is 6.92 Å². The summed E-state index contributed by atoms with van der Waals surface area (Å²) in [6.07, 6.45) is 1.01. The summed E-state index contributed by atoms with van der Waals surface area (Å²) in [6, 6.07) is 12.7. The van der Waals surface area contributed by atoms with Gasteiger partial charge in [0.25, 0.3) is 15.9 Å². The molecule has 0 aromatic heterocycles. The van der Waals surface area contributed by atoms with Gasteiger partial charge in [-0.3, -0.25) is 9.52 Å². The van der Waals surface area contributed by atoms with Crippen molar-refractivity contribution < 1.29 is 17.9 Å². The van der Waals surface area contributed by atoms with E-state index in [1.54, 1.807) is 41.3 Å². The fourth-order valence-electron chi connectivity index (χ4n) is 2.51. The van der Waals surface area contributed by atoms with Gasteiger partial charge in [0.05, 0.1) is 11.5 Å². The van der Waals surface area contributed by atoms with Crippen molar-refractivity contribution in [2.75, 3.05) is 24.4 Å². The number of carbonyl (C=O) groups excluding carboxylic acids is 1. The molecule has 7 heteroatoms. The Morgan fingerprint density at radius 2 is 1.88 bits per heavy atom. The molecule has 1 N–H and O–H groups in total. The van der Waals surface area contributed by atoms with Crippen LogP contribution >= 0.6 is 0 Å². The summed E-state index contributed by atoms with van der Waals surface area (Å²) in [4.78, 5) is 14.1. The number of likely N-dealkylation sites (tertiary alicyclic amines) is 1. The molecule has 0 spiro atoms. The van der Waals surface area contributed by atoms with Crippen LogP contribution in [0.3, 0.4) is 0 Å². The monoisotopic (exact) mass is 360 g/mol. The molecule has 0 bridgehead atoms. The molecule has 6 nitrogen and oxygen atoms in total. The number of hydrogen-bond acceptors (Lipinski definition) is 4. The number of sulfonamides is 1. The third-order valence-electron chi connectivity index (χ3n) is 3.95. The summed E-state index contributed by atoms with van der Waals surface area (Å²) < 4.78 is 32.8. The van der Waals surface area contributed by atoms with E-state index in [4.69, 9.17) is 4.74 Å². The minimum atomic E-state index is -3.73. The highest BCUT2D eigenvalue weighted by Crippen LogP contribution is 2.21. The van der Waals surface area contributed by atoms with Crippen LogP contribution in [0.5, 0.6) is 5.75 Å². The molecule has 1 saturated heterocycles. The van der Waals surface area contributed by atoms with Crippen LogP contribution < -0.4 is 9.46 Å². The van der Waals surface area contributed by atoms with E-state index >= 15 is 0 Å². The summed E-state index contributed by atoms with van der Waals surface area (Å²) in [5, 5.41) is 0. The highest BCUT2D eigenvalue weighted by Gasteiger charge is 2.22. The van der Waals surface area contributed by atoms with Gasteiger partial charge in [-0.1, -0.05) is 6.07 Å². The molecule has 0 radical (unpaired) electrons. The summed E-state index contributed by atoms with van der Waals surface area (Å²) >= 11 is 0. The number of carbonyl (C=O) groups is 1. The number of ether oxygens (including phenoxy) is 1. The third kappa shape index (κ3) is 3.93. The molecule has 132 valence electrons. The lowest BCUT2D eigenvalue weighted by molar-refractivity contribution is 0.0652. The van der Waals surface area contributed by atoms with Gasteiger partial charge in [-0.15, -0.1) is 0 Å². The maximum Gasteiger partial charge on any atom is 0.261 e. The molecule has 1 fully saturated rings. The molecule has 1 heterocycles. The van der Waals surface area contributed by atoms with Gasteiger partial charge in [-0.2, -0.15) is 0 Å². The van der Waals surface area contributed by atoms with E-state index in [2.05, 4.69) is 4.72 Å². The van der Waals surface area contributed by atoms with Gasteiger partial charge < -0.3 is 9.64 Å². The molecule has 0 unspecified atom stereocenters. The van der Waals surface area contributed by atoms with Crippen LogP contribution in [0, 0.1) is 0 Å². The summed E-state index contributed by atoms with van der Waals surface area (Å²) in [7, 11) is -3.73. The number of hydrogen-bond donors (Lipinski definition) is 1. The van der Waals surface area contributed by atoms with Crippen LogP contribution in [0.15, 0.2) is 53.4 Å². The fourth-order valence-corrected chi connectivity index (χ4v) is 3.56. The Kier molecular flexibility index (Phi) is 4.94. The van der Waals surface area contributed by atoms with Gasteiger partial charge in [0, 0.05) is 24.3 Å². The second-order valence-electron chi connectivity index (χ2n) is 5.74. The molecule has 2 aromatic carbocycles. The summed E-state index contributed by atoms with van der Waals surface area (Å²) in [6.45, 7) is 3.88. The second kappa shape index (κ2) is 7.14. The van der Waals surface area contributed by atoms with Crippen LogP contribution in [0.2, 0.25) is 0 Å². The first-order valence-corrected chi connectivity index (χ1v) is 9.63. The topological polar surface area (TPSA) is 75.7 Å². The van der Waals surface area contributed by atoms with Crippen LogP contribution in [0.4, 0.5) is 5.69 Å². The summed E-state index contributed by atoms with van der Waals surface area (Å²) in [5.74, 6) is 0.539. The molecule has 2 aromatic rings. The normalized spacial score (nSPS) is 13.9. The zero-order chi connectivity index (χ0) is 17.9. The number of amides is 1. The first-order chi connectivity index (χ1) is 12.0. The van der Waals surface area contributed by atoms with Gasteiger partial charge in [-0.05, 0) is 55.8 Å². The third-order valence-corrected chi connectivity index (χ3v) is 5.35. The standard InChI is InChI=1S/C18H20N2O4S/c1-2-24-16-7-9-17(10-8-16)25(22,23)19-15-6-3-5-14(13-15)18(21)20-11-4-12-20/h3,5-10,13,19H,2,4,11-12H2,1H3. The van der Waals surface area contributed by atoms with Crippen molar-refractivity contribution in [3.8, 4) is 5.75 Å². The minimum absolute atomic E-state index is 0.0756. The Hall–Kier alpha value is -2.54. The predicted octanol–water partition coefficient (Wildman–Crippen LogP) is 2.73. The van der Waals surface area contributed by atoms with Crippen LogP contribution in [-0.2, 0) is 10.0 Å². The smallest absolute Gasteiger partial charge is 0.261 e. The maximum absolute atomic E-state index is 12.5. The molecule has 0 saturated carbocycles. The van der Waals surface area contributed by atoms with Crippen molar-refractivity contribution in [2.45, 2.75) is 18.2 Å². The van der Waals surface area contributed by atoms with Gasteiger partial charge in [0.15, 0.2) is 0 Å². The number of rotatable bonds is 6. The Bertz CT molecular complexity index is 859. The van der Waals surface area contributed by atoms with Crippen LogP contribution in [0.1, 0.15) is 23.7 Å². The van der Waals surface area contributed by atoms with Crippen molar-refractivity contribution in [3.63, 3.8) is 0 Å². The Labute approximate surface area is 147 Å². The van der Waals surface area contributed by atoms with Crippen molar-refractivity contribution >= 4 is 21.6 Å². The zero-order valence-corrected chi connectivity index (χ0v) is 14.8. The SMILES string of the molecule is CCOc1ccc(S(=O)(=O)Nc2cccc(C(=O)N3CCC3)c2)cc1. The molecule has 1 aliphatic heterocycles. The van der Waals surface area contributed by atoms with Gasteiger partial charge in [-0.25, -0.2) is 8.42 Å². The quantitative estimate of drug-likeness (QED) is 0.859. The number of anilines is 1. The van der Waals surface area contributed by atoms with Crippen molar-refractivity contribution in [3.05, 3.63) is 54.1 Å². The molecule has 3 rings (SSSR count). The second-order valence-corrected chi connectivity index (χ2v) is 7.42. The molecule has 0 aliphatic carbocycles. The first kappa shape index (κ1) is 17.3. The highest BCUT2D eigenvalue weighted by molar-refractivity contribution is 7.92. The average Bonchev–Trinajstić information content (AvgIpc) is 2.54. The largest absolute Gasteiger partial charge is 0.494 e. The molecule has 0 atom stereocenters. The van der Waals surface area contributed by atoms with E-state index in [-0.39, 0.29) is 10.8 Å². The number of nitrogens with one attached hydrogen (secondary N) is 1. The Morgan fingerprint density at radius 1 is 1.16 bits per heavy atom. The van der Waals surface area contributed by atoms with Crippen LogP contribution in [0.25, 0.3) is 0 Å². The lowest BCUT2D eigenvalue weighted by atomic mass is 10.1. The maximum atomic E-state index is 12.5. The number of benzene rings is 2. The molecule has 25 heavy (non-hydrogen) atoms. The molecular formula is C18H20N2O4S. The van der Waals surface area contributed by atoms with Crippen molar-refractivity contribution in [2.24, 2.45) is 0 Å². The van der Waals surface area contributed by atoms with Crippen LogP contribution in [-0.4, -0.2) is 38.9 Å². The average molecular weight is 360 g/mol. The zero-order valence-electron chi connectivity index (χ0n) is 13.9. The van der Waals surface area contributed by atoms with E-state index in [1.165, 1.54) is 12.1 Å². The molecule has 1 amide bonds. The summed E-state index contributed by atoms with van der Waals surface area (Å²) in [5.41, 5.74) is 0.840. The Morgan fingerprint density at radius 3 is 2.48 bits per heavy atom. The van der Waals surface area contributed by atoms with Gasteiger partial charge in [0.2, 0.25) is 0 Å².